The highest BCUT2D eigenvalue weighted by Gasteiger charge is 2.18. The molecule has 5 nitrogen and oxygen atoms in total. The molecule has 0 radical (unpaired) electrons. The zero-order chi connectivity index (χ0) is 17.6. The van der Waals surface area contributed by atoms with Crippen molar-refractivity contribution in [3.05, 3.63) is 29.3 Å². The number of nitrogens with zero attached hydrogens (tertiary/aromatic N) is 2. The number of guanidine groups is 1. The van der Waals surface area contributed by atoms with Gasteiger partial charge in [-0.05, 0) is 43.7 Å². The second-order valence-corrected chi connectivity index (χ2v) is 7.50. The van der Waals surface area contributed by atoms with Crippen LogP contribution >= 0.6 is 0 Å². The molecule has 0 aromatic heterocycles. The normalized spacial score (nSPS) is 22.4. The van der Waals surface area contributed by atoms with E-state index in [0.717, 1.165) is 50.0 Å². The Morgan fingerprint density at radius 1 is 1.32 bits per heavy atom. The van der Waals surface area contributed by atoms with Crippen LogP contribution in [-0.4, -0.2) is 43.8 Å². The van der Waals surface area contributed by atoms with Gasteiger partial charge in [0.15, 0.2) is 5.96 Å². The van der Waals surface area contributed by atoms with Crippen molar-refractivity contribution in [1.29, 1.82) is 0 Å². The average Bonchev–Trinajstić information content (AvgIpc) is 3.13. The van der Waals surface area contributed by atoms with Crippen molar-refractivity contribution in [3.8, 4) is 5.75 Å². The smallest absolute Gasteiger partial charge is 0.191 e. The molecule has 0 aliphatic carbocycles. The van der Waals surface area contributed by atoms with Crippen LogP contribution in [0.4, 0.5) is 0 Å². The van der Waals surface area contributed by atoms with E-state index in [1.165, 1.54) is 18.4 Å². The molecule has 2 saturated heterocycles. The molecule has 1 atom stereocenters. The molecule has 2 fully saturated rings. The molecule has 1 aromatic carbocycles. The molecule has 25 heavy (non-hydrogen) atoms. The molecule has 5 heteroatoms. The predicted molar refractivity (Wildman–Crippen MR) is 101 cm³/mol. The number of likely N-dealkylation sites (tertiary alicyclic amines) is 1. The highest BCUT2D eigenvalue weighted by atomic mass is 16.5. The van der Waals surface area contributed by atoms with Crippen LogP contribution in [0, 0.1) is 18.8 Å². The van der Waals surface area contributed by atoms with Gasteiger partial charge in [0, 0.05) is 31.2 Å². The largest absolute Gasteiger partial charge is 0.493 e. The minimum Gasteiger partial charge on any atom is -0.493 e. The second kappa shape index (κ2) is 8.56. The molecule has 2 aliphatic rings. The van der Waals surface area contributed by atoms with Gasteiger partial charge in [0.1, 0.15) is 5.75 Å². The summed E-state index contributed by atoms with van der Waals surface area (Å²) in [6, 6.07) is 6.31. The number of ether oxygens (including phenoxy) is 2. The Morgan fingerprint density at radius 2 is 2.12 bits per heavy atom. The number of aryl methyl sites for hydroxylation is 1. The molecular formula is C20H31N3O2. The number of rotatable bonds is 5. The summed E-state index contributed by atoms with van der Waals surface area (Å²) >= 11 is 0. The topological polar surface area (TPSA) is 60.1 Å². The zero-order valence-electron chi connectivity index (χ0n) is 15.5. The minimum absolute atomic E-state index is 0.497. The van der Waals surface area contributed by atoms with Gasteiger partial charge >= 0.3 is 0 Å². The van der Waals surface area contributed by atoms with E-state index in [2.05, 4.69) is 41.9 Å². The van der Waals surface area contributed by atoms with Crippen LogP contribution in [0.2, 0.25) is 0 Å². The molecule has 0 bridgehead atoms. The molecule has 2 N–H and O–H groups in total. The van der Waals surface area contributed by atoms with Crippen LogP contribution in [0.25, 0.3) is 0 Å². The monoisotopic (exact) mass is 345 g/mol. The molecule has 1 unspecified atom stereocenters. The summed E-state index contributed by atoms with van der Waals surface area (Å²) in [5.74, 6) is 2.87. The van der Waals surface area contributed by atoms with Crippen LogP contribution < -0.4 is 10.5 Å². The van der Waals surface area contributed by atoms with Crippen molar-refractivity contribution in [2.24, 2.45) is 22.6 Å². The van der Waals surface area contributed by atoms with Crippen molar-refractivity contribution in [2.45, 2.75) is 39.7 Å². The standard InChI is InChI=1S/C20H31N3O2/c1-15-5-8-23(9-6-15)20(21)22-12-18-4-3-16(2)11-19(18)25-14-17-7-10-24-13-17/h3-4,11,15,17H,5-10,12-14H2,1-2H3,(H2,21,22). The quantitative estimate of drug-likeness (QED) is 0.658. The highest BCUT2D eigenvalue weighted by molar-refractivity contribution is 5.78. The Hall–Kier alpha value is -1.75. The third-order valence-electron chi connectivity index (χ3n) is 5.24. The van der Waals surface area contributed by atoms with Crippen molar-refractivity contribution in [2.75, 3.05) is 32.9 Å². The first kappa shape index (κ1) is 18.1. The zero-order valence-corrected chi connectivity index (χ0v) is 15.5. The van der Waals surface area contributed by atoms with Crippen molar-refractivity contribution >= 4 is 5.96 Å². The van der Waals surface area contributed by atoms with Gasteiger partial charge in [-0.25, -0.2) is 4.99 Å². The van der Waals surface area contributed by atoms with Gasteiger partial charge in [0.25, 0.3) is 0 Å². The molecule has 0 spiro atoms. The lowest BCUT2D eigenvalue weighted by Crippen LogP contribution is -2.42. The summed E-state index contributed by atoms with van der Waals surface area (Å²) in [5, 5.41) is 0. The molecule has 1 aromatic rings. The number of piperidine rings is 1. The fraction of sp³-hybridized carbons (Fsp3) is 0.650. The molecule has 3 rings (SSSR count). The summed E-state index contributed by atoms with van der Waals surface area (Å²) in [7, 11) is 0. The Morgan fingerprint density at radius 3 is 2.84 bits per heavy atom. The number of nitrogens with two attached hydrogens (primary N) is 1. The van der Waals surface area contributed by atoms with Crippen LogP contribution in [0.5, 0.6) is 5.75 Å². The van der Waals surface area contributed by atoms with Crippen LogP contribution in [0.1, 0.15) is 37.3 Å². The van der Waals surface area contributed by atoms with E-state index in [1.807, 2.05) is 0 Å². The van der Waals surface area contributed by atoms with Crippen LogP contribution in [0.15, 0.2) is 23.2 Å². The summed E-state index contributed by atoms with van der Waals surface area (Å²) in [5.41, 5.74) is 8.51. The van der Waals surface area contributed by atoms with Crippen molar-refractivity contribution in [3.63, 3.8) is 0 Å². The fourth-order valence-electron chi connectivity index (χ4n) is 3.35. The maximum Gasteiger partial charge on any atom is 0.191 e. The number of hydrogen-bond acceptors (Lipinski definition) is 3. The SMILES string of the molecule is Cc1ccc(CN=C(N)N2CCC(C)CC2)c(OCC2CCOC2)c1. The Bertz CT molecular complexity index is 589. The fourth-order valence-corrected chi connectivity index (χ4v) is 3.35. The van der Waals surface area contributed by atoms with Gasteiger partial charge in [-0.1, -0.05) is 19.1 Å². The lowest BCUT2D eigenvalue weighted by molar-refractivity contribution is 0.166. The van der Waals surface area contributed by atoms with Gasteiger partial charge in [0.05, 0.1) is 19.8 Å². The highest BCUT2D eigenvalue weighted by Crippen LogP contribution is 2.24. The third-order valence-corrected chi connectivity index (χ3v) is 5.24. The maximum absolute atomic E-state index is 6.21. The van der Waals surface area contributed by atoms with Crippen LogP contribution in [-0.2, 0) is 11.3 Å². The van der Waals surface area contributed by atoms with Gasteiger partial charge in [-0.2, -0.15) is 0 Å². The van der Waals surface area contributed by atoms with Crippen LogP contribution in [0.3, 0.4) is 0 Å². The number of hydrogen-bond donors (Lipinski definition) is 1. The van der Waals surface area contributed by atoms with Gasteiger partial charge < -0.3 is 20.1 Å². The summed E-state index contributed by atoms with van der Waals surface area (Å²) in [6.45, 7) is 9.33. The average molecular weight is 345 g/mol. The Labute approximate surface area is 151 Å². The number of benzene rings is 1. The van der Waals surface area contributed by atoms with Gasteiger partial charge in [-0.3, -0.25) is 0 Å². The van der Waals surface area contributed by atoms with E-state index in [0.29, 0.717) is 25.0 Å². The summed E-state index contributed by atoms with van der Waals surface area (Å²) < 4.78 is 11.5. The third kappa shape index (κ3) is 5.11. The summed E-state index contributed by atoms with van der Waals surface area (Å²) in [6.07, 6.45) is 3.47. The van der Waals surface area contributed by atoms with E-state index in [9.17, 15) is 0 Å². The van der Waals surface area contributed by atoms with E-state index in [4.69, 9.17) is 15.2 Å². The molecule has 2 aliphatic heterocycles. The maximum atomic E-state index is 6.21. The van der Waals surface area contributed by atoms with E-state index in [1.54, 1.807) is 0 Å². The van der Waals surface area contributed by atoms with E-state index < -0.39 is 0 Å². The minimum atomic E-state index is 0.497. The van der Waals surface area contributed by atoms with Crippen molar-refractivity contribution < 1.29 is 9.47 Å². The molecular weight excluding hydrogens is 314 g/mol. The lowest BCUT2D eigenvalue weighted by atomic mass is 10.00. The first-order chi connectivity index (χ1) is 12.1. The lowest BCUT2D eigenvalue weighted by Gasteiger charge is -2.31. The first-order valence-corrected chi connectivity index (χ1v) is 9.46. The van der Waals surface area contributed by atoms with Gasteiger partial charge in [-0.15, -0.1) is 0 Å². The van der Waals surface area contributed by atoms with E-state index >= 15 is 0 Å². The van der Waals surface area contributed by atoms with Gasteiger partial charge in [0.2, 0.25) is 0 Å². The first-order valence-electron chi connectivity index (χ1n) is 9.46. The summed E-state index contributed by atoms with van der Waals surface area (Å²) in [4.78, 5) is 6.83. The Balaban J connectivity index is 1.61. The molecule has 0 saturated carbocycles. The predicted octanol–water partition coefficient (Wildman–Crippen LogP) is 2.96. The number of aliphatic imine (C=N–C) groups is 1. The second-order valence-electron chi connectivity index (χ2n) is 7.50. The molecule has 0 amide bonds. The van der Waals surface area contributed by atoms with E-state index in [-0.39, 0.29) is 0 Å². The molecule has 138 valence electrons. The molecule has 2 heterocycles. The van der Waals surface area contributed by atoms with Crippen molar-refractivity contribution in [1.82, 2.24) is 4.90 Å². The Kier molecular flexibility index (Phi) is 6.19.